The SMILES string of the molecule is CCn1cc(-c2cc3c(cn2)cnn3-c2cccc(N3CC[C@H](N)C3)n2)cn1. The van der Waals surface area contributed by atoms with Crippen LogP contribution >= 0.6 is 0 Å². The predicted molar refractivity (Wildman–Crippen MR) is 108 cm³/mol. The molecule has 5 heterocycles. The smallest absolute Gasteiger partial charge is 0.156 e. The normalized spacial score (nSPS) is 16.9. The van der Waals surface area contributed by atoms with E-state index in [9.17, 15) is 0 Å². The fourth-order valence-corrected chi connectivity index (χ4v) is 3.63. The van der Waals surface area contributed by atoms with Gasteiger partial charge in [0.05, 0.1) is 23.6 Å². The summed E-state index contributed by atoms with van der Waals surface area (Å²) in [6, 6.07) is 8.27. The van der Waals surface area contributed by atoms with Gasteiger partial charge in [0, 0.05) is 49.0 Å². The van der Waals surface area contributed by atoms with Crippen LogP contribution in [-0.4, -0.2) is 48.7 Å². The molecule has 0 unspecified atom stereocenters. The number of rotatable bonds is 4. The van der Waals surface area contributed by atoms with Crippen LogP contribution in [0.4, 0.5) is 5.82 Å². The van der Waals surface area contributed by atoms with Gasteiger partial charge in [-0.3, -0.25) is 9.67 Å². The molecule has 1 fully saturated rings. The topological polar surface area (TPSA) is 90.7 Å². The molecule has 28 heavy (non-hydrogen) atoms. The Balaban J connectivity index is 1.55. The van der Waals surface area contributed by atoms with Crippen LogP contribution in [0, 0.1) is 0 Å². The Morgan fingerprint density at radius 3 is 2.82 bits per heavy atom. The zero-order chi connectivity index (χ0) is 19.1. The highest BCUT2D eigenvalue weighted by Crippen LogP contribution is 2.24. The van der Waals surface area contributed by atoms with Gasteiger partial charge in [0.2, 0.25) is 0 Å². The number of anilines is 1. The molecule has 0 radical (unpaired) electrons. The molecule has 4 aromatic rings. The average molecular weight is 374 g/mol. The quantitative estimate of drug-likeness (QED) is 0.589. The van der Waals surface area contributed by atoms with Crippen LogP contribution in [0.3, 0.4) is 0 Å². The molecule has 8 heteroatoms. The van der Waals surface area contributed by atoms with Crippen molar-refractivity contribution in [1.29, 1.82) is 0 Å². The molecule has 2 N–H and O–H groups in total. The minimum Gasteiger partial charge on any atom is -0.355 e. The molecule has 5 rings (SSSR count). The lowest BCUT2D eigenvalue weighted by Gasteiger charge is -2.17. The first-order chi connectivity index (χ1) is 13.7. The lowest BCUT2D eigenvalue weighted by atomic mass is 10.2. The Hall–Kier alpha value is -3.26. The second-order valence-electron chi connectivity index (χ2n) is 7.12. The summed E-state index contributed by atoms with van der Waals surface area (Å²) in [6.07, 6.45) is 8.51. The van der Waals surface area contributed by atoms with Crippen molar-refractivity contribution in [2.45, 2.75) is 25.9 Å². The average Bonchev–Trinajstić information content (AvgIpc) is 3.46. The van der Waals surface area contributed by atoms with Crippen LogP contribution in [0.2, 0.25) is 0 Å². The third-order valence-corrected chi connectivity index (χ3v) is 5.19. The molecular formula is C20H22N8. The number of hydrogen-bond acceptors (Lipinski definition) is 6. The Labute approximate surface area is 162 Å². The van der Waals surface area contributed by atoms with Crippen LogP contribution in [0.25, 0.3) is 28.0 Å². The first-order valence-electron chi connectivity index (χ1n) is 9.56. The maximum atomic E-state index is 6.05. The number of fused-ring (bicyclic) bond motifs is 1. The fraction of sp³-hybridized carbons (Fsp3) is 0.300. The van der Waals surface area contributed by atoms with E-state index < -0.39 is 0 Å². The van der Waals surface area contributed by atoms with E-state index in [-0.39, 0.29) is 6.04 Å². The summed E-state index contributed by atoms with van der Waals surface area (Å²) in [5.41, 5.74) is 8.88. The molecule has 1 saturated heterocycles. The van der Waals surface area contributed by atoms with Gasteiger partial charge in [0.15, 0.2) is 5.82 Å². The Morgan fingerprint density at radius 2 is 2.04 bits per heavy atom. The van der Waals surface area contributed by atoms with Crippen molar-refractivity contribution in [1.82, 2.24) is 29.5 Å². The Morgan fingerprint density at radius 1 is 1.14 bits per heavy atom. The summed E-state index contributed by atoms with van der Waals surface area (Å²) in [4.78, 5) is 11.6. The monoisotopic (exact) mass is 374 g/mol. The molecule has 8 nitrogen and oxygen atoms in total. The first-order valence-corrected chi connectivity index (χ1v) is 9.56. The highest BCUT2D eigenvalue weighted by molar-refractivity contribution is 5.83. The number of nitrogens with zero attached hydrogens (tertiary/aromatic N) is 7. The van der Waals surface area contributed by atoms with Crippen LogP contribution in [-0.2, 0) is 6.54 Å². The minimum atomic E-state index is 0.216. The van der Waals surface area contributed by atoms with Crippen LogP contribution in [0.1, 0.15) is 13.3 Å². The van der Waals surface area contributed by atoms with Crippen molar-refractivity contribution < 1.29 is 0 Å². The standard InChI is InChI=1S/C20H22N8/c1-2-27-12-15(11-23-27)17-8-18-14(9-22-17)10-24-28(18)20-5-3-4-19(25-20)26-7-6-16(21)13-26/h3-5,8-12,16H,2,6-7,13,21H2,1H3/t16-/m0/s1. The zero-order valence-corrected chi connectivity index (χ0v) is 15.7. The van der Waals surface area contributed by atoms with Crippen LogP contribution < -0.4 is 10.6 Å². The number of aromatic nitrogens is 6. The molecule has 0 aliphatic carbocycles. The number of pyridine rings is 2. The van der Waals surface area contributed by atoms with Gasteiger partial charge in [-0.2, -0.15) is 10.2 Å². The molecule has 0 saturated carbocycles. The molecule has 1 aliphatic rings. The van der Waals surface area contributed by atoms with Gasteiger partial charge in [-0.05, 0) is 31.5 Å². The summed E-state index contributed by atoms with van der Waals surface area (Å²) >= 11 is 0. The molecule has 1 aliphatic heterocycles. The van der Waals surface area contributed by atoms with E-state index in [1.54, 1.807) is 0 Å². The van der Waals surface area contributed by atoms with E-state index >= 15 is 0 Å². The van der Waals surface area contributed by atoms with E-state index in [0.717, 1.165) is 59.9 Å². The van der Waals surface area contributed by atoms with Crippen molar-refractivity contribution in [3.63, 3.8) is 0 Å². The van der Waals surface area contributed by atoms with Crippen LogP contribution in [0.15, 0.2) is 49.1 Å². The molecular weight excluding hydrogens is 352 g/mol. The maximum absolute atomic E-state index is 6.05. The van der Waals surface area contributed by atoms with Gasteiger partial charge in [-0.1, -0.05) is 6.07 Å². The number of hydrogen-bond donors (Lipinski definition) is 1. The largest absolute Gasteiger partial charge is 0.355 e. The second-order valence-corrected chi connectivity index (χ2v) is 7.12. The molecule has 1 atom stereocenters. The summed E-state index contributed by atoms with van der Waals surface area (Å²) in [5, 5.41) is 9.88. The second kappa shape index (κ2) is 6.72. The Bertz CT molecular complexity index is 1130. The van der Waals surface area contributed by atoms with E-state index in [1.807, 2.05) is 58.4 Å². The van der Waals surface area contributed by atoms with E-state index in [4.69, 9.17) is 10.7 Å². The van der Waals surface area contributed by atoms with Gasteiger partial charge in [-0.15, -0.1) is 0 Å². The van der Waals surface area contributed by atoms with E-state index in [2.05, 4.69) is 27.0 Å². The van der Waals surface area contributed by atoms with Crippen molar-refractivity contribution in [3.05, 3.63) is 49.1 Å². The van der Waals surface area contributed by atoms with Gasteiger partial charge < -0.3 is 10.6 Å². The minimum absolute atomic E-state index is 0.216. The van der Waals surface area contributed by atoms with E-state index in [0.29, 0.717) is 0 Å². The maximum Gasteiger partial charge on any atom is 0.156 e. The number of nitrogens with two attached hydrogens (primary N) is 1. The summed E-state index contributed by atoms with van der Waals surface area (Å²) in [7, 11) is 0. The zero-order valence-electron chi connectivity index (χ0n) is 15.7. The molecule has 0 amide bonds. The third-order valence-electron chi connectivity index (χ3n) is 5.19. The highest BCUT2D eigenvalue weighted by Gasteiger charge is 2.20. The van der Waals surface area contributed by atoms with Crippen molar-refractivity contribution >= 4 is 16.7 Å². The fourth-order valence-electron chi connectivity index (χ4n) is 3.63. The summed E-state index contributed by atoms with van der Waals surface area (Å²) in [6.45, 7) is 4.67. The molecule has 0 bridgehead atoms. The molecule has 142 valence electrons. The van der Waals surface area contributed by atoms with Gasteiger partial charge in [0.1, 0.15) is 5.82 Å². The van der Waals surface area contributed by atoms with Gasteiger partial charge >= 0.3 is 0 Å². The predicted octanol–water partition coefficient (Wildman–Crippen LogP) is 2.24. The number of aryl methyl sites for hydroxylation is 1. The summed E-state index contributed by atoms with van der Waals surface area (Å²) in [5.74, 6) is 1.72. The summed E-state index contributed by atoms with van der Waals surface area (Å²) < 4.78 is 3.76. The van der Waals surface area contributed by atoms with Crippen molar-refractivity contribution in [2.75, 3.05) is 18.0 Å². The van der Waals surface area contributed by atoms with E-state index in [1.165, 1.54) is 0 Å². The van der Waals surface area contributed by atoms with Gasteiger partial charge in [-0.25, -0.2) is 9.67 Å². The molecule has 4 aromatic heterocycles. The lowest BCUT2D eigenvalue weighted by Crippen LogP contribution is -2.27. The van der Waals surface area contributed by atoms with Crippen molar-refractivity contribution in [2.24, 2.45) is 5.73 Å². The van der Waals surface area contributed by atoms with Gasteiger partial charge in [0.25, 0.3) is 0 Å². The highest BCUT2D eigenvalue weighted by atomic mass is 15.3. The van der Waals surface area contributed by atoms with Crippen LogP contribution in [0.5, 0.6) is 0 Å². The first kappa shape index (κ1) is 16.9. The molecule has 0 spiro atoms. The van der Waals surface area contributed by atoms with Crippen molar-refractivity contribution in [3.8, 4) is 17.1 Å². The third kappa shape index (κ3) is 2.91. The lowest BCUT2D eigenvalue weighted by molar-refractivity contribution is 0.660. The molecule has 0 aromatic carbocycles. The Kier molecular flexibility index (Phi) is 4.05.